The van der Waals surface area contributed by atoms with E-state index < -0.39 is 0 Å². The fourth-order valence-corrected chi connectivity index (χ4v) is 8.54. The van der Waals surface area contributed by atoms with Gasteiger partial charge in [-0.3, -0.25) is 0 Å². The predicted octanol–water partition coefficient (Wildman–Crippen LogP) is 12.9. The molecular formula is C49H29N5OS. The zero-order valence-electron chi connectivity index (χ0n) is 29.8. The molecule has 0 aliphatic rings. The number of fused-ring (bicyclic) bond motifs is 6. The highest BCUT2D eigenvalue weighted by atomic mass is 32.1. The van der Waals surface area contributed by atoms with Gasteiger partial charge in [-0.2, -0.15) is 0 Å². The highest BCUT2D eigenvalue weighted by molar-refractivity contribution is 7.26. The fraction of sp³-hybridized carbons (Fsp3) is 0. The average Bonchev–Trinajstić information content (AvgIpc) is 3.84. The summed E-state index contributed by atoms with van der Waals surface area (Å²) in [4.78, 5) is 25.3. The van der Waals surface area contributed by atoms with Gasteiger partial charge in [0.05, 0.1) is 15.9 Å². The van der Waals surface area contributed by atoms with E-state index in [0.717, 1.165) is 76.6 Å². The maximum Gasteiger partial charge on any atom is 0.164 e. The normalized spacial score (nSPS) is 11.6. The molecule has 0 unspecified atom stereocenters. The Kier molecular flexibility index (Phi) is 7.57. The molecule has 0 atom stereocenters. The monoisotopic (exact) mass is 735 g/mol. The fourth-order valence-electron chi connectivity index (χ4n) is 7.39. The Morgan fingerprint density at radius 2 is 0.911 bits per heavy atom. The van der Waals surface area contributed by atoms with Gasteiger partial charge in [0.25, 0.3) is 0 Å². The first-order valence-electron chi connectivity index (χ1n) is 18.4. The van der Waals surface area contributed by atoms with Gasteiger partial charge in [-0.25, -0.2) is 24.9 Å². The second-order valence-electron chi connectivity index (χ2n) is 13.7. The Morgan fingerprint density at radius 3 is 1.64 bits per heavy atom. The van der Waals surface area contributed by atoms with Crippen LogP contribution < -0.4 is 0 Å². The van der Waals surface area contributed by atoms with Crippen LogP contribution in [-0.4, -0.2) is 24.9 Å². The summed E-state index contributed by atoms with van der Waals surface area (Å²) in [6, 6.07) is 59.9. The Bertz CT molecular complexity index is 3190. The van der Waals surface area contributed by atoms with Gasteiger partial charge in [-0.15, -0.1) is 11.3 Å². The molecule has 11 aromatic rings. The smallest absolute Gasteiger partial charge is 0.164 e. The van der Waals surface area contributed by atoms with Crippen LogP contribution in [0.2, 0.25) is 0 Å². The van der Waals surface area contributed by atoms with E-state index >= 15 is 0 Å². The molecular weight excluding hydrogens is 707 g/mol. The van der Waals surface area contributed by atoms with Crippen LogP contribution in [0.3, 0.4) is 0 Å². The molecule has 0 amide bonds. The molecule has 0 saturated carbocycles. The van der Waals surface area contributed by atoms with E-state index in [9.17, 15) is 0 Å². The van der Waals surface area contributed by atoms with E-state index in [2.05, 4.69) is 97.1 Å². The number of rotatable bonds is 6. The van der Waals surface area contributed by atoms with Gasteiger partial charge >= 0.3 is 0 Å². The largest absolute Gasteiger partial charge is 0.456 e. The van der Waals surface area contributed by atoms with Crippen molar-refractivity contribution in [3.8, 4) is 67.9 Å². The van der Waals surface area contributed by atoms with Crippen molar-refractivity contribution in [2.75, 3.05) is 0 Å². The summed E-state index contributed by atoms with van der Waals surface area (Å²) in [5, 5.41) is 3.10. The van der Waals surface area contributed by atoms with Crippen molar-refractivity contribution in [2.45, 2.75) is 0 Å². The lowest BCUT2D eigenvalue weighted by Gasteiger charge is -2.09. The van der Waals surface area contributed by atoms with Crippen molar-refractivity contribution in [1.82, 2.24) is 24.9 Å². The van der Waals surface area contributed by atoms with Crippen molar-refractivity contribution in [3.05, 3.63) is 176 Å². The highest BCUT2D eigenvalue weighted by Gasteiger charge is 2.19. The minimum Gasteiger partial charge on any atom is -0.456 e. The molecule has 0 bridgehead atoms. The lowest BCUT2D eigenvalue weighted by atomic mass is 10.0. The lowest BCUT2D eigenvalue weighted by Crippen LogP contribution is -2.00. The Labute approximate surface area is 325 Å². The van der Waals surface area contributed by atoms with Crippen LogP contribution in [0.25, 0.3) is 110 Å². The minimum atomic E-state index is 0.578. The summed E-state index contributed by atoms with van der Waals surface area (Å²) >= 11 is 1.74. The van der Waals surface area contributed by atoms with E-state index in [0.29, 0.717) is 23.3 Å². The van der Waals surface area contributed by atoms with Crippen LogP contribution in [0.5, 0.6) is 0 Å². The Morgan fingerprint density at radius 1 is 0.339 bits per heavy atom. The molecule has 0 spiro atoms. The van der Waals surface area contributed by atoms with Gasteiger partial charge in [0.15, 0.2) is 23.3 Å². The molecule has 0 fully saturated rings. The molecule has 0 radical (unpaired) electrons. The van der Waals surface area contributed by atoms with E-state index in [-0.39, 0.29) is 0 Å². The molecule has 11 rings (SSSR count). The maximum absolute atomic E-state index is 6.49. The molecule has 6 nitrogen and oxygen atoms in total. The number of hydrogen-bond acceptors (Lipinski definition) is 7. The van der Waals surface area contributed by atoms with Gasteiger partial charge in [-0.05, 0) is 53.6 Å². The van der Waals surface area contributed by atoms with Crippen LogP contribution in [0.15, 0.2) is 180 Å². The summed E-state index contributed by atoms with van der Waals surface area (Å²) in [7, 11) is 0. The van der Waals surface area contributed by atoms with E-state index in [4.69, 9.17) is 29.3 Å². The van der Waals surface area contributed by atoms with Gasteiger partial charge in [-0.1, -0.05) is 133 Å². The molecule has 0 N–H and O–H groups in total. The molecule has 0 aliphatic carbocycles. The van der Waals surface area contributed by atoms with Crippen molar-refractivity contribution < 1.29 is 4.42 Å². The van der Waals surface area contributed by atoms with Crippen LogP contribution in [0.1, 0.15) is 0 Å². The molecule has 4 aromatic heterocycles. The number of benzene rings is 7. The number of furan rings is 1. The summed E-state index contributed by atoms with van der Waals surface area (Å²) in [6.07, 6.45) is 0. The molecule has 0 aliphatic heterocycles. The molecule has 7 aromatic carbocycles. The second kappa shape index (κ2) is 13.2. The third-order valence-electron chi connectivity index (χ3n) is 10.1. The number of aromatic nitrogens is 5. The maximum atomic E-state index is 6.49. The summed E-state index contributed by atoms with van der Waals surface area (Å²) in [5.41, 5.74) is 10.4. The summed E-state index contributed by atoms with van der Waals surface area (Å²) in [5.74, 6) is 2.48. The standard InChI is InChI=1S/C49H29N5OS/c1-4-13-30(14-5-1)33-19-12-20-34(27-33)43-45-44(38-21-10-11-22-42(38)56-45)51-48(50-43)35-24-26-40-39(28-35)37-25-23-36(29-41(37)55-40)49-53-46(31-15-6-2-7-16-31)52-47(54-49)32-17-8-3-9-18-32/h1-29H. The summed E-state index contributed by atoms with van der Waals surface area (Å²) < 4.78 is 8.75. The first-order chi connectivity index (χ1) is 27.7. The van der Waals surface area contributed by atoms with Gasteiger partial charge in [0, 0.05) is 48.7 Å². The quantitative estimate of drug-likeness (QED) is 0.169. The molecule has 4 heterocycles. The highest BCUT2D eigenvalue weighted by Crippen LogP contribution is 2.41. The zero-order valence-corrected chi connectivity index (χ0v) is 30.6. The first kappa shape index (κ1) is 32.1. The van der Waals surface area contributed by atoms with Crippen LogP contribution in [0, 0.1) is 0 Å². The third-order valence-corrected chi connectivity index (χ3v) is 11.3. The first-order valence-corrected chi connectivity index (χ1v) is 19.2. The molecule has 0 saturated heterocycles. The minimum absolute atomic E-state index is 0.578. The second-order valence-corrected chi connectivity index (χ2v) is 14.7. The Balaban J connectivity index is 1.04. The third kappa shape index (κ3) is 5.61. The number of nitrogens with zero attached hydrogens (tertiary/aromatic N) is 5. The topological polar surface area (TPSA) is 77.6 Å². The van der Waals surface area contributed by atoms with Crippen molar-refractivity contribution in [2.24, 2.45) is 0 Å². The van der Waals surface area contributed by atoms with Gasteiger partial charge in [0.2, 0.25) is 0 Å². The zero-order chi connectivity index (χ0) is 37.0. The van der Waals surface area contributed by atoms with Gasteiger partial charge in [0.1, 0.15) is 11.2 Å². The predicted molar refractivity (Wildman–Crippen MR) is 228 cm³/mol. The summed E-state index contributed by atoms with van der Waals surface area (Å²) in [6.45, 7) is 0. The van der Waals surface area contributed by atoms with E-state index in [1.54, 1.807) is 11.3 Å². The van der Waals surface area contributed by atoms with E-state index in [1.165, 1.54) is 10.3 Å². The number of hydrogen-bond donors (Lipinski definition) is 0. The molecule has 7 heteroatoms. The van der Waals surface area contributed by atoms with E-state index in [1.807, 2.05) is 78.9 Å². The van der Waals surface area contributed by atoms with Gasteiger partial charge < -0.3 is 4.42 Å². The van der Waals surface area contributed by atoms with Crippen LogP contribution in [-0.2, 0) is 0 Å². The van der Waals surface area contributed by atoms with Crippen molar-refractivity contribution in [1.29, 1.82) is 0 Å². The molecule has 56 heavy (non-hydrogen) atoms. The Hall–Kier alpha value is -7.35. The SMILES string of the molecule is c1ccc(-c2cccc(-c3nc(-c4ccc5oc6cc(-c7nc(-c8ccccc8)nc(-c8ccccc8)n7)ccc6c5c4)nc4c3sc3ccccc34)c2)cc1. The molecule has 262 valence electrons. The van der Waals surface area contributed by atoms with Crippen LogP contribution >= 0.6 is 11.3 Å². The van der Waals surface area contributed by atoms with Crippen LogP contribution in [0.4, 0.5) is 0 Å². The lowest BCUT2D eigenvalue weighted by molar-refractivity contribution is 0.669. The number of thiophene rings is 1. The average molecular weight is 736 g/mol. The van der Waals surface area contributed by atoms with Crippen molar-refractivity contribution >= 4 is 53.6 Å². The van der Waals surface area contributed by atoms with Crippen molar-refractivity contribution in [3.63, 3.8) is 0 Å².